The van der Waals surface area contributed by atoms with E-state index in [0.717, 1.165) is 27.2 Å². The Morgan fingerprint density at radius 3 is 2.95 bits per heavy atom. The van der Waals surface area contributed by atoms with Crippen LogP contribution in [0.15, 0.2) is 34.9 Å². The molecule has 21 heavy (non-hydrogen) atoms. The van der Waals surface area contributed by atoms with Crippen molar-refractivity contribution in [2.75, 3.05) is 11.6 Å². The minimum Gasteiger partial charge on any atom is -0.451 e. The third-order valence-electron chi connectivity index (χ3n) is 3.03. The number of furan rings is 1. The molecule has 0 unspecified atom stereocenters. The SMILES string of the molecule is CSCc1c(C(=O)Nc2ncc(C)s2)oc2ccccc12. The van der Waals surface area contributed by atoms with Crippen LogP contribution in [0.25, 0.3) is 11.0 Å². The van der Waals surface area contributed by atoms with Gasteiger partial charge in [-0.2, -0.15) is 11.8 Å². The maximum absolute atomic E-state index is 12.4. The number of fused-ring (bicyclic) bond motifs is 1. The molecule has 0 spiro atoms. The second kappa shape index (κ2) is 5.91. The number of thiazole rings is 1. The summed E-state index contributed by atoms with van der Waals surface area (Å²) in [6, 6.07) is 7.71. The first-order valence-electron chi connectivity index (χ1n) is 6.42. The van der Waals surface area contributed by atoms with Gasteiger partial charge >= 0.3 is 0 Å². The van der Waals surface area contributed by atoms with Crippen LogP contribution in [-0.4, -0.2) is 17.1 Å². The van der Waals surface area contributed by atoms with Crippen LogP contribution in [0.1, 0.15) is 21.0 Å². The first kappa shape index (κ1) is 14.2. The molecule has 0 bridgehead atoms. The van der Waals surface area contributed by atoms with Crippen molar-refractivity contribution < 1.29 is 9.21 Å². The van der Waals surface area contributed by atoms with Gasteiger partial charge in [-0.25, -0.2) is 4.98 Å². The zero-order valence-electron chi connectivity index (χ0n) is 11.7. The highest BCUT2D eigenvalue weighted by Gasteiger charge is 2.20. The molecule has 3 aromatic rings. The highest BCUT2D eigenvalue weighted by Crippen LogP contribution is 2.29. The van der Waals surface area contributed by atoms with E-state index in [0.29, 0.717) is 10.9 Å². The number of nitrogens with one attached hydrogen (secondary N) is 1. The molecular weight excluding hydrogens is 304 g/mol. The van der Waals surface area contributed by atoms with E-state index in [4.69, 9.17) is 4.42 Å². The number of hydrogen-bond donors (Lipinski definition) is 1. The lowest BCUT2D eigenvalue weighted by Gasteiger charge is -2.01. The topological polar surface area (TPSA) is 55.1 Å². The summed E-state index contributed by atoms with van der Waals surface area (Å²) in [5.41, 5.74) is 1.67. The van der Waals surface area contributed by atoms with Gasteiger partial charge in [0.1, 0.15) is 5.58 Å². The molecule has 0 fully saturated rings. The van der Waals surface area contributed by atoms with E-state index in [9.17, 15) is 4.79 Å². The van der Waals surface area contributed by atoms with Crippen LogP contribution < -0.4 is 5.32 Å². The number of carbonyl (C=O) groups is 1. The summed E-state index contributed by atoms with van der Waals surface area (Å²) >= 11 is 3.11. The molecule has 6 heteroatoms. The van der Waals surface area contributed by atoms with Crippen molar-refractivity contribution in [3.63, 3.8) is 0 Å². The molecule has 1 N–H and O–H groups in total. The molecule has 4 nitrogen and oxygen atoms in total. The Kier molecular flexibility index (Phi) is 3.98. The first-order chi connectivity index (χ1) is 10.2. The van der Waals surface area contributed by atoms with Crippen LogP contribution in [0.5, 0.6) is 0 Å². The van der Waals surface area contributed by atoms with Crippen LogP contribution in [0.3, 0.4) is 0 Å². The molecule has 1 amide bonds. The Labute approximate surface area is 130 Å². The highest BCUT2D eigenvalue weighted by molar-refractivity contribution is 7.97. The summed E-state index contributed by atoms with van der Waals surface area (Å²) in [6.45, 7) is 1.95. The van der Waals surface area contributed by atoms with Crippen molar-refractivity contribution in [1.82, 2.24) is 4.98 Å². The Morgan fingerprint density at radius 2 is 2.24 bits per heavy atom. The van der Waals surface area contributed by atoms with Crippen molar-refractivity contribution in [2.45, 2.75) is 12.7 Å². The molecule has 0 aliphatic rings. The molecule has 2 heterocycles. The monoisotopic (exact) mass is 318 g/mol. The van der Waals surface area contributed by atoms with E-state index < -0.39 is 0 Å². The van der Waals surface area contributed by atoms with Crippen molar-refractivity contribution in [3.05, 3.63) is 46.7 Å². The van der Waals surface area contributed by atoms with Gasteiger partial charge in [-0.3, -0.25) is 10.1 Å². The third-order valence-corrected chi connectivity index (χ3v) is 4.44. The number of benzene rings is 1. The number of anilines is 1. The van der Waals surface area contributed by atoms with Gasteiger partial charge < -0.3 is 4.42 Å². The average Bonchev–Trinajstić information content (AvgIpc) is 3.04. The summed E-state index contributed by atoms with van der Waals surface area (Å²) in [5, 5.41) is 4.39. The van der Waals surface area contributed by atoms with Gasteiger partial charge in [0.15, 0.2) is 10.9 Å². The van der Waals surface area contributed by atoms with Gasteiger partial charge in [0.25, 0.3) is 5.91 Å². The second-order valence-corrected chi connectivity index (χ2v) is 6.67. The van der Waals surface area contributed by atoms with Gasteiger partial charge in [-0.05, 0) is 19.2 Å². The molecule has 3 rings (SSSR count). The summed E-state index contributed by atoms with van der Waals surface area (Å²) in [5.74, 6) is 0.861. The quantitative estimate of drug-likeness (QED) is 0.778. The lowest BCUT2D eigenvalue weighted by Crippen LogP contribution is -2.12. The van der Waals surface area contributed by atoms with E-state index in [1.807, 2.05) is 37.4 Å². The summed E-state index contributed by atoms with van der Waals surface area (Å²) in [7, 11) is 0. The van der Waals surface area contributed by atoms with Crippen LogP contribution in [0.2, 0.25) is 0 Å². The van der Waals surface area contributed by atoms with Crippen LogP contribution >= 0.6 is 23.1 Å². The molecular formula is C15H14N2O2S2. The molecule has 1 aromatic carbocycles. The van der Waals surface area contributed by atoms with Crippen LogP contribution in [0, 0.1) is 6.92 Å². The molecule has 0 aliphatic carbocycles. The number of thioether (sulfide) groups is 1. The smallest absolute Gasteiger partial charge is 0.293 e. The minimum atomic E-state index is -0.246. The van der Waals surface area contributed by atoms with E-state index in [2.05, 4.69) is 10.3 Å². The normalized spacial score (nSPS) is 11.0. The standard InChI is InChI=1S/C15H14N2O2S2/c1-9-7-16-15(21-9)17-14(18)13-11(8-20-2)10-5-3-4-6-12(10)19-13/h3-7H,8H2,1-2H3,(H,16,17,18). The molecule has 0 aliphatic heterocycles. The second-order valence-electron chi connectivity index (χ2n) is 4.57. The van der Waals surface area contributed by atoms with Gasteiger partial charge in [0.2, 0.25) is 0 Å². The van der Waals surface area contributed by atoms with Gasteiger partial charge in [-0.15, -0.1) is 11.3 Å². The van der Waals surface area contributed by atoms with E-state index >= 15 is 0 Å². The summed E-state index contributed by atoms with van der Waals surface area (Å²) in [4.78, 5) is 17.6. The molecule has 0 saturated heterocycles. The van der Waals surface area contributed by atoms with Crippen molar-refractivity contribution >= 4 is 45.1 Å². The van der Waals surface area contributed by atoms with Crippen molar-refractivity contribution in [3.8, 4) is 0 Å². The number of aryl methyl sites for hydroxylation is 1. The lowest BCUT2D eigenvalue weighted by molar-refractivity contribution is 0.0998. The number of hydrogen-bond acceptors (Lipinski definition) is 5. The number of rotatable bonds is 4. The Morgan fingerprint density at radius 1 is 1.43 bits per heavy atom. The number of carbonyl (C=O) groups excluding carboxylic acids is 1. The summed E-state index contributed by atoms with van der Waals surface area (Å²) in [6.07, 6.45) is 3.75. The van der Waals surface area contributed by atoms with E-state index in [1.54, 1.807) is 18.0 Å². The largest absolute Gasteiger partial charge is 0.451 e. The van der Waals surface area contributed by atoms with Crippen molar-refractivity contribution in [1.29, 1.82) is 0 Å². The molecule has 0 atom stereocenters. The number of aromatic nitrogens is 1. The average molecular weight is 318 g/mol. The Hall–Kier alpha value is -1.79. The van der Waals surface area contributed by atoms with Crippen LogP contribution in [0.4, 0.5) is 5.13 Å². The van der Waals surface area contributed by atoms with Gasteiger partial charge in [0.05, 0.1) is 0 Å². The maximum atomic E-state index is 12.4. The molecule has 108 valence electrons. The summed E-state index contributed by atoms with van der Waals surface area (Å²) < 4.78 is 5.74. The highest BCUT2D eigenvalue weighted by atomic mass is 32.2. The number of nitrogens with zero attached hydrogens (tertiary/aromatic N) is 1. The Bertz CT molecular complexity index is 792. The van der Waals surface area contributed by atoms with Gasteiger partial charge in [0, 0.05) is 27.8 Å². The van der Waals surface area contributed by atoms with Gasteiger partial charge in [-0.1, -0.05) is 18.2 Å². The fourth-order valence-corrected chi connectivity index (χ4v) is 3.37. The van der Waals surface area contributed by atoms with E-state index in [-0.39, 0.29) is 5.91 Å². The fourth-order valence-electron chi connectivity index (χ4n) is 2.14. The lowest BCUT2D eigenvalue weighted by atomic mass is 10.1. The maximum Gasteiger partial charge on any atom is 0.293 e. The minimum absolute atomic E-state index is 0.246. The zero-order valence-corrected chi connectivity index (χ0v) is 13.3. The number of amides is 1. The molecule has 0 saturated carbocycles. The van der Waals surface area contributed by atoms with Crippen molar-refractivity contribution in [2.24, 2.45) is 0 Å². The Balaban J connectivity index is 1.98. The number of para-hydroxylation sites is 1. The van der Waals surface area contributed by atoms with Crippen LogP contribution in [-0.2, 0) is 5.75 Å². The fraction of sp³-hybridized carbons (Fsp3) is 0.200. The molecule has 2 aromatic heterocycles. The zero-order chi connectivity index (χ0) is 14.8. The molecule has 0 radical (unpaired) electrons. The third kappa shape index (κ3) is 2.82. The first-order valence-corrected chi connectivity index (χ1v) is 8.63. The van der Waals surface area contributed by atoms with E-state index in [1.165, 1.54) is 11.3 Å². The predicted molar refractivity (Wildman–Crippen MR) is 88.2 cm³/mol. The predicted octanol–water partition coefficient (Wildman–Crippen LogP) is 4.31.